The topological polar surface area (TPSA) is 59.1 Å². The zero-order chi connectivity index (χ0) is 24.2. The molecule has 0 fully saturated rings. The maximum Gasteiger partial charge on any atom is 0.430 e. The number of carbonyl (C=O) groups is 2. The molecule has 176 valence electrons. The first-order valence-corrected chi connectivity index (χ1v) is 10.3. The lowest BCUT2D eigenvalue weighted by Gasteiger charge is -2.42. The highest BCUT2D eigenvalue weighted by Crippen LogP contribution is 2.37. The Kier molecular flexibility index (Phi) is 7.00. The molecule has 2 amide bonds. The van der Waals surface area contributed by atoms with Crippen molar-refractivity contribution in [1.29, 1.82) is 0 Å². The maximum atomic E-state index is 13.7. The summed E-state index contributed by atoms with van der Waals surface area (Å²) in [6.07, 6.45) is -5.83. The summed E-state index contributed by atoms with van der Waals surface area (Å²) in [7, 11) is 0. The minimum Gasteiger partial charge on any atom is -0.443 e. The summed E-state index contributed by atoms with van der Waals surface area (Å²) in [5, 5.41) is 1.53. The first kappa shape index (κ1) is 24.2. The quantitative estimate of drug-likeness (QED) is 0.524. The summed E-state index contributed by atoms with van der Waals surface area (Å²) in [5.41, 5.74) is -0.883. The molecule has 0 bridgehead atoms. The van der Waals surface area contributed by atoms with E-state index in [0.717, 1.165) is 11.1 Å². The second kappa shape index (κ2) is 9.56. The zero-order valence-corrected chi connectivity index (χ0v) is 18.5. The number of alkyl halides is 3. The molecule has 1 heterocycles. The average molecular weight is 462 g/mol. The molecule has 6 nitrogen and oxygen atoms in total. The molecule has 9 heteroatoms. The van der Waals surface area contributed by atoms with Gasteiger partial charge >= 0.3 is 18.4 Å². The summed E-state index contributed by atoms with van der Waals surface area (Å²) in [4.78, 5) is 26.0. The van der Waals surface area contributed by atoms with Crippen LogP contribution in [0.1, 0.15) is 37.9 Å². The molecule has 2 aromatic carbocycles. The zero-order valence-electron chi connectivity index (χ0n) is 18.5. The van der Waals surface area contributed by atoms with Crippen molar-refractivity contribution in [3.8, 4) is 0 Å². The predicted octanol–water partition coefficient (Wildman–Crippen LogP) is 6.02. The molecule has 1 aliphatic rings. The van der Waals surface area contributed by atoms with Crippen molar-refractivity contribution < 1.29 is 32.2 Å². The molecule has 0 saturated heterocycles. The molecule has 0 saturated carbocycles. The molecule has 33 heavy (non-hydrogen) atoms. The fourth-order valence-electron chi connectivity index (χ4n) is 3.24. The highest BCUT2D eigenvalue weighted by Gasteiger charge is 2.46. The van der Waals surface area contributed by atoms with Gasteiger partial charge in [0.25, 0.3) is 0 Å². The van der Waals surface area contributed by atoms with E-state index in [9.17, 15) is 22.8 Å². The fraction of sp³-hybridized carbons (Fsp3) is 0.333. The van der Waals surface area contributed by atoms with E-state index in [1.807, 2.05) is 0 Å². The van der Waals surface area contributed by atoms with Crippen LogP contribution in [-0.2, 0) is 16.1 Å². The second-order valence-corrected chi connectivity index (χ2v) is 8.47. The standard InChI is InChI=1S/C24H25F3N2O4/c1-23(2,3)33-21(30)28-15-19(24(25,26)27)14-20(18-12-8-5-9-13-18)29(28)22(31)32-16-17-10-6-4-7-11-17/h4-14,20H,15-16H2,1-3H3. The van der Waals surface area contributed by atoms with Gasteiger partial charge in [-0.05, 0) is 38.0 Å². The first-order chi connectivity index (χ1) is 15.5. The van der Waals surface area contributed by atoms with E-state index >= 15 is 0 Å². The van der Waals surface area contributed by atoms with Gasteiger partial charge in [-0.15, -0.1) is 0 Å². The van der Waals surface area contributed by atoms with Crippen LogP contribution >= 0.6 is 0 Å². The van der Waals surface area contributed by atoms with E-state index in [0.29, 0.717) is 16.1 Å². The fourth-order valence-corrected chi connectivity index (χ4v) is 3.24. The third-order valence-corrected chi connectivity index (χ3v) is 4.70. The van der Waals surface area contributed by atoms with Gasteiger partial charge in [0.2, 0.25) is 0 Å². The molecule has 0 radical (unpaired) electrons. The number of halogens is 3. The van der Waals surface area contributed by atoms with Gasteiger partial charge in [0.05, 0.1) is 12.1 Å². The Morgan fingerprint density at radius 2 is 1.52 bits per heavy atom. The number of rotatable bonds is 3. The molecule has 2 aromatic rings. The minimum atomic E-state index is -4.70. The molecule has 0 aromatic heterocycles. The lowest BCUT2D eigenvalue weighted by Crippen LogP contribution is -2.56. The van der Waals surface area contributed by atoms with Crippen LogP contribution in [0, 0.1) is 0 Å². The van der Waals surface area contributed by atoms with Crippen molar-refractivity contribution in [2.45, 2.75) is 45.2 Å². The minimum absolute atomic E-state index is 0.115. The van der Waals surface area contributed by atoms with Gasteiger partial charge in [-0.3, -0.25) is 0 Å². The number of nitrogens with zero attached hydrogens (tertiary/aromatic N) is 2. The number of hydrogen-bond donors (Lipinski definition) is 0. The number of benzene rings is 2. The number of hydrogen-bond acceptors (Lipinski definition) is 4. The highest BCUT2D eigenvalue weighted by atomic mass is 19.4. The lowest BCUT2D eigenvalue weighted by molar-refractivity contribution is -0.114. The largest absolute Gasteiger partial charge is 0.443 e. The SMILES string of the molecule is CC(C)(C)OC(=O)N1CC(C(F)(F)F)=CC(c2ccccc2)N1C(=O)OCc1ccccc1. The van der Waals surface area contributed by atoms with E-state index in [1.165, 1.54) is 0 Å². The van der Waals surface area contributed by atoms with Crippen molar-refractivity contribution in [1.82, 2.24) is 10.0 Å². The Morgan fingerprint density at radius 3 is 2.06 bits per heavy atom. The van der Waals surface area contributed by atoms with Crippen LogP contribution in [0.4, 0.5) is 22.8 Å². The molecule has 0 spiro atoms. The molecule has 3 rings (SSSR count). The normalized spacial score (nSPS) is 16.8. The Morgan fingerprint density at radius 1 is 0.939 bits per heavy atom. The number of hydrazine groups is 1. The average Bonchev–Trinajstić information content (AvgIpc) is 2.76. The van der Waals surface area contributed by atoms with Crippen LogP contribution in [0.25, 0.3) is 0 Å². The van der Waals surface area contributed by atoms with Gasteiger partial charge in [-0.2, -0.15) is 13.2 Å². The smallest absolute Gasteiger partial charge is 0.430 e. The number of amides is 2. The Bertz CT molecular complexity index is 1000. The van der Waals surface area contributed by atoms with E-state index in [4.69, 9.17) is 9.47 Å². The summed E-state index contributed by atoms with van der Waals surface area (Å²) in [6.45, 7) is 3.75. The van der Waals surface area contributed by atoms with Crippen LogP contribution in [0.2, 0.25) is 0 Å². The van der Waals surface area contributed by atoms with Crippen LogP contribution in [0.3, 0.4) is 0 Å². The summed E-state index contributed by atoms with van der Waals surface area (Å²) < 4.78 is 51.8. The molecular weight excluding hydrogens is 437 g/mol. The highest BCUT2D eigenvalue weighted by molar-refractivity contribution is 5.76. The Labute approximate surface area is 190 Å². The summed E-state index contributed by atoms with van der Waals surface area (Å²) in [6, 6.07) is 15.7. The summed E-state index contributed by atoms with van der Waals surface area (Å²) in [5.74, 6) is 0. The lowest BCUT2D eigenvalue weighted by atomic mass is 10.0. The van der Waals surface area contributed by atoms with Crippen LogP contribution < -0.4 is 0 Å². The van der Waals surface area contributed by atoms with Crippen molar-refractivity contribution in [3.05, 3.63) is 83.4 Å². The van der Waals surface area contributed by atoms with Crippen molar-refractivity contribution in [3.63, 3.8) is 0 Å². The van der Waals surface area contributed by atoms with E-state index in [2.05, 4.69) is 0 Å². The monoisotopic (exact) mass is 462 g/mol. The number of ether oxygens (including phenoxy) is 2. The Hall–Kier alpha value is -3.49. The van der Waals surface area contributed by atoms with Crippen LogP contribution in [0.5, 0.6) is 0 Å². The van der Waals surface area contributed by atoms with Gasteiger partial charge < -0.3 is 9.47 Å². The third kappa shape index (κ3) is 6.27. The van der Waals surface area contributed by atoms with Crippen LogP contribution in [-0.4, -0.2) is 40.5 Å². The van der Waals surface area contributed by atoms with Crippen molar-refractivity contribution >= 4 is 12.2 Å². The molecule has 0 aliphatic carbocycles. The second-order valence-electron chi connectivity index (χ2n) is 8.47. The van der Waals surface area contributed by atoms with Crippen molar-refractivity contribution in [2.24, 2.45) is 0 Å². The first-order valence-electron chi connectivity index (χ1n) is 10.3. The van der Waals surface area contributed by atoms with E-state index in [1.54, 1.807) is 81.4 Å². The Balaban J connectivity index is 2.01. The van der Waals surface area contributed by atoms with E-state index in [-0.39, 0.29) is 6.61 Å². The van der Waals surface area contributed by atoms with E-state index < -0.39 is 42.1 Å². The predicted molar refractivity (Wildman–Crippen MR) is 115 cm³/mol. The molecule has 0 N–H and O–H groups in total. The molecular formula is C24H25F3N2O4. The molecule has 1 unspecified atom stereocenters. The van der Waals surface area contributed by atoms with Gasteiger partial charge in [0.1, 0.15) is 18.2 Å². The molecule has 1 atom stereocenters. The molecule has 1 aliphatic heterocycles. The summed E-state index contributed by atoms with van der Waals surface area (Å²) >= 11 is 0. The van der Waals surface area contributed by atoms with Gasteiger partial charge in [-0.1, -0.05) is 60.7 Å². The third-order valence-electron chi connectivity index (χ3n) is 4.70. The van der Waals surface area contributed by atoms with Gasteiger partial charge in [0, 0.05) is 0 Å². The number of carbonyl (C=O) groups excluding carboxylic acids is 2. The van der Waals surface area contributed by atoms with Gasteiger partial charge in [-0.25, -0.2) is 19.6 Å². The van der Waals surface area contributed by atoms with Crippen LogP contribution in [0.15, 0.2) is 72.3 Å². The maximum absolute atomic E-state index is 13.7. The van der Waals surface area contributed by atoms with Gasteiger partial charge in [0.15, 0.2) is 0 Å². The van der Waals surface area contributed by atoms with Crippen molar-refractivity contribution in [2.75, 3.05) is 6.54 Å².